The number of hydrogen-bond acceptors (Lipinski definition) is 3. The molecule has 2 heterocycles. The first kappa shape index (κ1) is 19.7. The number of ether oxygens (including phenoxy) is 1. The zero-order valence-corrected chi connectivity index (χ0v) is 15.1. The van der Waals surface area contributed by atoms with E-state index < -0.39 is 11.7 Å². The minimum absolute atomic E-state index is 0.0295. The Balaban J connectivity index is 1.46. The van der Waals surface area contributed by atoms with Crippen molar-refractivity contribution in [1.29, 1.82) is 0 Å². The molecule has 2 aliphatic rings. The first-order valence-electron chi connectivity index (χ1n) is 9.13. The fraction of sp³-hybridized carbons (Fsp3) is 0.526. The lowest BCUT2D eigenvalue weighted by Crippen LogP contribution is -2.39. The smallest absolute Gasteiger partial charge is 0.379 e. The van der Waals surface area contributed by atoms with Gasteiger partial charge in [0.05, 0.1) is 13.2 Å². The van der Waals surface area contributed by atoms with Crippen LogP contribution in [0.15, 0.2) is 35.9 Å². The van der Waals surface area contributed by atoms with Crippen molar-refractivity contribution < 1.29 is 22.7 Å². The van der Waals surface area contributed by atoms with Gasteiger partial charge in [0.2, 0.25) is 0 Å². The van der Waals surface area contributed by atoms with E-state index in [9.17, 15) is 18.0 Å². The standard InChI is InChI=1S/C19H24F3N3O2/c20-19(21,22)16-6-9-25(10-7-16)18(26)23-17-3-1-15(2-4-17)5-8-24-11-13-27-14-12-24/h1-4,6H,5,7-14H2,(H,23,26). The van der Waals surface area contributed by atoms with Crippen molar-refractivity contribution in [1.82, 2.24) is 9.80 Å². The second kappa shape index (κ2) is 8.75. The SMILES string of the molecule is O=C(Nc1ccc(CCN2CCOCC2)cc1)N1CC=C(C(F)(F)F)CC1. The normalized spacial score (nSPS) is 18.9. The Hall–Kier alpha value is -2.06. The molecule has 1 N–H and O–H groups in total. The summed E-state index contributed by atoms with van der Waals surface area (Å²) < 4.78 is 43.2. The van der Waals surface area contributed by atoms with Crippen molar-refractivity contribution in [3.8, 4) is 0 Å². The predicted molar refractivity (Wildman–Crippen MR) is 96.8 cm³/mol. The zero-order chi connectivity index (χ0) is 19.3. The van der Waals surface area contributed by atoms with E-state index in [-0.39, 0.29) is 25.5 Å². The summed E-state index contributed by atoms with van der Waals surface area (Å²) in [4.78, 5) is 16.0. The van der Waals surface area contributed by atoms with Gasteiger partial charge in [-0.2, -0.15) is 13.2 Å². The lowest BCUT2D eigenvalue weighted by Gasteiger charge is -2.27. The number of halogens is 3. The van der Waals surface area contributed by atoms with Crippen LogP contribution in [0.1, 0.15) is 12.0 Å². The number of carbonyl (C=O) groups excluding carboxylic acids is 1. The van der Waals surface area contributed by atoms with Crippen LogP contribution in [0.2, 0.25) is 0 Å². The Kier molecular flexibility index (Phi) is 6.38. The van der Waals surface area contributed by atoms with Gasteiger partial charge in [0.25, 0.3) is 0 Å². The molecule has 2 amide bonds. The summed E-state index contributed by atoms with van der Waals surface area (Å²) in [6, 6.07) is 7.21. The highest BCUT2D eigenvalue weighted by molar-refractivity contribution is 5.89. The number of amides is 2. The highest BCUT2D eigenvalue weighted by Crippen LogP contribution is 2.30. The summed E-state index contributed by atoms with van der Waals surface area (Å²) in [5, 5.41) is 2.75. The molecule has 0 aliphatic carbocycles. The number of benzene rings is 1. The largest absolute Gasteiger partial charge is 0.412 e. The van der Waals surface area contributed by atoms with Crippen molar-refractivity contribution in [3.63, 3.8) is 0 Å². The van der Waals surface area contributed by atoms with Gasteiger partial charge in [-0.05, 0) is 30.5 Å². The molecule has 8 heteroatoms. The summed E-state index contributed by atoms with van der Waals surface area (Å²) in [6.45, 7) is 4.47. The highest BCUT2D eigenvalue weighted by Gasteiger charge is 2.35. The molecule has 0 unspecified atom stereocenters. The van der Waals surface area contributed by atoms with E-state index in [1.807, 2.05) is 24.3 Å². The molecule has 0 radical (unpaired) electrons. The van der Waals surface area contributed by atoms with Gasteiger partial charge in [0.1, 0.15) is 0 Å². The van der Waals surface area contributed by atoms with Gasteiger partial charge in [-0.15, -0.1) is 0 Å². The molecule has 0 aromatic heterocycles. The van der Waals surface area contributed by atoms with Gasteiger partial charge in [-0.3, -0.25) is 4.90 Å². The second-order valence-corrected chi connectivity index (χ2v) is 6.75. The second-order valence-electron chi connectivity index (χ2n) is 6.75. The van der Waals surface area contributed by atoms with Crippen molar-refractivity contribution in [2.24, 2.45) is 0 Å². The van der Waals surface area contributed by atoms with Crippen molar-refractivity contribution >= 4 is 11.7 Å². The summed E-state index contributed by atoms with van der Waals surface area (Å²) >= 11 is 0. The van der Waals surface area contributed by atoms with Crippen LogP contribution in [-0.2, 0) is 11.2 Å². The fourth-order valence-corrected chi connectivity index (χ4v) is 3.18. The van der Waals surface area contributed by atoms with E-state index in [1.165, 1.54) is 10.5 Å². The quantitative estimate of drug-likeness (QED) is 0.812. The van der Waals surface area contributed by atoms with Crippen LogP contribution >= 0.6 is 0 Å². The number of nitrogens with zero attached hydrogens (tertiary/aromatic N) is 2. The number of anilines is 1. The van der Waals surface area contributed by atoms with Crippen molar-refractivity contribution in [2.45, 2.75) is 19.0 Å². The summed E-state index contributed by atoms with van der Waals surface area (Å²) in [5.41, 5.74) is 1.26. The molecule has 2 aliphatic heterocycles. The minimum Gasteiger partial charge on any atom is -0.379 e. The molecule has 148 valence electrons. The molecule has 0 atom stereocenters. The Bertz CT molecular complexity index is 668. The maximum atomic E-state index is 12.6. The Morgan fingerprint density at radius 1 is 1.11 bits per heavy atom. The van der Waals surface area contributed by atoms with Gasteiger partial charge < -0.3 is 15.0 Å². The van der Waals surface area contributed by atoms with Crippen LogP contribution in [0.3, 0.4) is 0 Å². The van der Waals surface area contributed by atoms with Crippen LogP contribution < -0.4 is 5.32 Å². The number of alkyl halides is 3. The average Bonchev–Trinajstić information content (AvgIpc) is 2.68. The van der Waals surface area contributed by atoms with Gasteiger partial charge in [-0.1, -0.05) is 18.2 Å². The maximum Gasteiger partial charge on any atom is 0.412 e. The van der Waals surface area contributed by atoms with E-state index in [1.54, 1.807) is 0 Å². The monoisotopic (exact) mass is 383 g/mol. The molecular weight excluding hydrogens is 359 g/mol. The molecule has 3 rings (SSSR count). The van der Waals surface area contributed by atoms with Crippen molar-refractivity contribution in [3.05, 3.63) is 41.5 Å². The maximum absolute atomic E-state index is 12.6. The Morgan fingerprint density at radius 2 is 1.81 bits per heavy atom. The van der Waals surface area contributed by atoms with Crippen LogP contribution in [0.5, 0.6) is 0 Å². The minimum atomic E-state index is -4.31. The summed E-state index contributed by atoms with van der Waals surface area (Å²) in [7, 11) is 0. The summed E-state index contributed by atoms with van der Waals surface area (Å²) in [6.07, 6.45) is -2.47. The first-order valence-corrected chi connectivity index (χ1v) is 9.13. The number of morpholine rings is 1. The van der Waals surface area contributed by atoms with E-state index >= 15 is 0 Å². The first-order chi connectivity index (χ1) is 12.9. The number of urea groups is 1. The Labute approximate surface area is 156 Å². The van der Waals surface area contributed by atoms with Crippen molar-refractivity contribution in [2.75, 3.05) is 51.3 Å². The summed E-state index contributed by atoms with van der Waals surface area (Å²) in [5.74, 6) is 0. The van der Waals surface area contributed by atoms with Crippen LogP contribution in [0, 0.1) is 0 Å². The number of nitrogens with one attached hydrogen (secondary N) is 1. The third-order valence-electron chi connectivity index (χ3n) is 4.89. The molecular formula is C19H24F3N3O2. The zero-order valence-electron chi connectivity index (χ0n) is 15.1. The Morgan fingerprint density at radius 3 is 2.41 bits per heavy atom. The third-order valence-corrected chi connectivity index (χ3v) is 4.89. The lowest BCUT2D eigenvalue weighted by molar-refractivity contribution is -0.0956. The van der Waals surface area contributed by atoms with Gasteiger partial charge in [0, 0.05) is 44.0 Å². The third kappa shape index (κ3) is 5.71. The lowest BCUT2D eigenvalue weighted by atomic mass is 10.1. The molecule has 0 spiro atoms. The molecule has 1 saturated heterocycles. The fourth-order valence-electron chi connectivity index (χ4n) is 3.18. The predicted octanol–water partition coefficient (Wildman–Crippen LogP) is 3.29. The molecule has 1 aromatic rings. The highest BCUT2D eigenvalue weighted by atomic mass is 19.4. The van der Waals surface area contributed by atoms with E-state index in [2.05, 4.69) is 10.2 Å². The van der Waals surface area contributed by atoms with Gasteiger partial charge in [0.15, 0.2) is 0 Å². The molecule has 5 nitrogen and oxygen atoms in total. The number of rotatable bonds is 4. The number of hydrogen-bond donors (Lipinski definition) is 1. The molecule has 0 saturated carbocycles. The van der Waals surface area contributed by atoms with Crippen LogP contribution in [0.25, 0.3) is 0 Å². The van der Waals surface area contributed by atoms with Gasteiger partial charge >= 0.3 is 12.2 Å². The molecule has 27 heavy (non-hydrogen) atoms. The van der Waals surface area contributed by atoms with Gasteiger partial charge in [-0.25, -0.2) is 4.79 Å². The molecule has 1 aromatic carbocycles. The van der Waals surface area contributed by atoms with Crippen LogP contribution in [-0.4, -0.2) is 67.9 Å². The number of carbonyl (C=O) groups is 1. The van der Waals surface area contributed by atoms with E-state index in [0.717, 1.165) is 45.3 Å². The van der Waals surface area contributed by atoms with E-state index in [4.69, 9.17) is 4.74 Å². The topological polar surface area (TPSA) is 44.8 Å². The van der Waals surface area contributed by atoms with E-state index in [0.29, 0.717) is 5.69 Å². The molecule has 1 fully saturated rings. The average molecular weight is 383 g/mol. The van der Waals surface area contributed by atoms with Crippen LogP contribution in [0.4, 0.5) is 23.7 Å². The molecule has 0 bridgehead atoms.